The minimum absolute atomic E-state index is 0.0842. The van der Waals surface area contributed by atoms with Crippen LogP contribution in [-0.2, 0) is 10.0 Å². The van der Waals surface area contributed by atoms with Gasteiger partial charge in [0, 0.05) is 18.5 Å². The van der Waals surface area contributed by atoms with Crippen molar-refractivity contribution in [1.29, 1.82) is 0 Å². The predicted octanol–water partition coefficient (Wildman–Crippen LogP) is 0.507. The van der Waals surface area contributed by atoms with Gasteiger partial charge in [-0.25, -0.2) is 13.1 Å². The smallest absolute Gasteiger partial charge is 0.358 e. The normalized spacial score (nSPS) is 11.3. The highest BCUT2D eigenvalue weighted by molar-refractivity contribution is 7.89. The van der Waals surface area contributed by atoms with Crippen molar-refractivity contribution in [3.63, 3.8) is 0 Å². The Morgan fingerprint density at radius 1 is 1.50 bits per heavy atom. The standard InChI is InChI=1S/C7H8ClN3O4S/c8-3-4-10-16(14,15)6-1-2-7(9-5-6)11(12)13/h1-2,5,10H,3-4H2. The van der Waals surface area contributed by atoms with E-state index in [0.29, 0.717) is 0 Å². The molecule has 0 atom stereocenters. The Kier molecular flexibility index (Phi) is 4.16. The summed E-state index contributed by atoms with van der Waals surface area (Å²) in [4.78, 5) is 12.9. The monoisotopic (exact) mass is 265 g/mol. The van der Waals surface area contributed by atoms with Gasteiger partial charge in [0.1, 0.15) is 4.90 Å². The molecule has 0 spiro atoms. The molecule has 0 radical (unpaired) electrons. The van der Waals surface area contributed by atoms with Crippen LogP contribution in [0.15, 0.2) is 23.2 Å². The third-order valence-electron chi connectivity index (χ3n) is 1.60. The number of nitrogens with zero attached hydrogens (tertiary/aromatic N) is 2. The highest BCUT2D eigenvalue weighted by Crippen LogP contribution is 2.11. The average Bonchev–Trinajstić information content (AvgIpc) is 2.26. The maximum absolute atomic E-state index is 11.5. The lowest BCUT2D eigenvalue weighted by Gasteiger charge is -2.02. The van der Waals surface area contributed by atoms with Crippen LogP contribution in [0.2, 0.25) is 0 Å². The summed E-state index contributed by atoms with van der Waals surface area (Å²) in [6, 6.07) is 2.14. The van der Waals surface area contributed by atoms with Gasteiger partial charge in [-0.3, -0.25) is 0 Å². The van der Waals surface area contributed by atoms with Crippen molar-refractivity contribution in [2.24, 2.45) is 0 Å². The summed E-state index contributed by atoms with van der Waals surface area (Å²) in [5, 5.41) is 10.3. The summed E-state index contributed by atoms with van der Waals surface area (Å²) < 4.78 is 25.2. The van der Waals surface area contributed by atoms with Crippen LogP contribution >= 0.6 is 11.6 Å². The quantitative estimate of drug-likeness (QED) is 0.475. The topological polar surface area (TPSA) is 102 Å². The lowest BCUT2D eigenvalue weighted by molar-refractivity contribution is -0.389. The molecule has 0 saturated carbocycles. The van der Waals surface area contributed by atoms with E-state index in [2.05, 4.69) is 9.71 Å². The van der Waals surface area contributed by atoms with E-state index in [1.165, 1.54) is 0 Å². The van der Waals surface area contributed by atoms with Gasteiger partial charge in [-0.2, -0.15) is 0 Å². The molecule has 1 N–H and O–H groups in total. The zero-order chi connectivity index (χ0) is 12.2. The Morgan fingerprint density at radius 3 is 2.62 bits per heavy atom. The number of nitro groups is 1. The summed E-state index contributed by atoms with van der Waals surface area (Å²) in [5.74, 6) is -0.268. The second kappa shape index (κ2) is 5.19. The van der Waals surface area contributed by atoms with E-state index in [4.69, 9.17) is 11.6 Å². The zero-order valence-corrected chi connectivity index (χ0v) is 9.53. The third kappa shape index (κ3) is 3.12. The van der Waals surface area contributed by atoms with Crippen LogP contribution < -0.4 is 4.72 Å². The number of sulfonamides is 1. The molecule has 0 aromatic carbocycles. The molecule has 1 heterocycles. The molecule has 0 aliphatic rings. The lowest BCUT2D eigenvalue weighted by atomic mass is 10.5. The zero-order valence-electron chi connectivity index (χ0n) is 7.96. The summed E-state index contributed by atoms with van der Waals surface area (Å²) >= 11 is 5.33. The summed E-state index contributed by atoms with van der Waals surface area (Å²) in [5.41, 5.74) is 0. The second-order valence-electron chi connectivity index (χ2n) is 2.70. The molecule has 0 saturated heterocycles. The highest BCUT2D eigenvalue weighted by atomic mass is 35.5. The van der Waals surface area contributed by atoms with Gasteiger partial charge in [0.05, 0.1) is 0 Å². The van der Waals surface area contributed by atoms with Crippen LogP contribution in [-0.4, -0.2) is 30.7 Å². The van der Waals surface area contributed by atoms with Crippen molar-refractivity contribution >= 4 is 27.4 Å². The molecule has 0 aliphatic heterocycles. The van der Waals surface area contributed by atoms with Gasteiger partial charge in [-0.1, -0.05) is 0 Å². The van der Waals surface area contributed by atoms with Crippen LogP contribution in [0.4, 0.5) is 5.82 Å². The number of alkyl halides is 1. The number of hydrogen-bond donors (Lipinski definition) is 1. The summed E-state index contributed by atoms with van der Waals surface area (Å²) in [7, 11) is -3.68. The molecule has 0 amide bonds. The van der Waals surface area contributed by atoms with Crippen molar-refractivity contribution in [1.82, 2.24) is 9.71 Å². The van der Waals surface area contributed by atoms with Crippen LogP contribution in [0.5, 0.6) is 0 Å². The van der Waals surface area contributed by atoms with Gasteiger partial charge >= 0.3 is 5.82 Å². The number of hydrogen-bond acceptors (Lipinski definition) is 5. The summed E-state index contributed by atoms with van der Waals surface area (Å²) in [6.45, 7) is 0.0842. The van der Waals surface area contributed by atoms with E-state index < -0.39 is 20.8 Å². The molecular weight excluding hydrogens is 258 g/mol. The number of rotatable bonds is 5. The maximum atomic E-state index is 11.5. The minimum Gasteiger partial charge on any atom is -0.358 e. The van der Waals surface area contributed by atoms with Crippen molar-refractivity contribution in [2.45, 2.75) is 4.90 Å². The van der Waals surface area contributed by atoms with Gasteiger partial charge in [-0.05, 0) is 16.0 Å². The van der Waals surface area contributed by atoms with E-state index >= 15 is 0 Å². The molecule has 0 unspecified atom stereocenters. The Morgan fingerprint density at radius 2 is 2.19 bits per heavy atom. The molecule has 1 rings (SSSR count). The van der Waals surface area contributed by atoms with Crippen molar-refractivity contribution < 1.29 is 13.3 Å². The first kappa shape index (κ1) is 12.8. The number of halogens is 1. The molecule has 1 aromatic rings. The largest absolute Gasteiger partial charge is 0.363 e. The van der Waals surface area contributed by atoms with Crippen LogP contribution in [0.1, 0.15) is 0 Å². The van der Waals surface area contributed by atoms with Crippen LogP contribution in [0.3, 0.4) is 0 Å². The Bertz CT molecular complexity index is 473. The number of aromatic nitrogens is 1. The predicted molar refractivity (Wildman–Crippen MR) is 56.8 cm³/mol. The molecule has 1 aromatic heterocycles. The van der Waals surface area contributed by atoms with E-state index in [0.717, 1.165) is 18.3 Å². The minimum atomic E-state index is -3.68. The fraction of sp³-hybridized carbons (Fsp3) is 0.286. The molecule has 16 heavy (non-hydrogen) atoms. The molecule has 0 bridgehead atoms. The molecule has 9 heteroatoms. The Labute approximate surface area is 96.6 Å². The van der Waals surface area contributed by atoms with E-state index in [-0.39, 0.29) is 17.3 Å². The fourth-order valence-corrected chi connectivity index (χ4v) is 2.08. The van der Waals surface area contributed by atoms with Gasteiger partial charge in [-0.15, -0.1) is 11.6 Å². The van der Waals surface area contributed by atoms with Crippen molar-refractivity contribution in [3.8, 4) is 0 Å². The Hall–Kier alpha value is -1.25. The first-order valence-corrected chi connectivity index (χ1v) is 6.15. The number of pyridine rings is 1. The van der Waals surface area contributed by atoms with Gasteiger partial charge in [0.25, 0.3) is 0 Å². The highest BCUT2D eigenvalue weighted by Gasteiger charge is 2.17. The van der Waals surface area contributed by atoms with Crippen molar-refractivity contribution in [3.05, 3.63) is 28.4 Å². The second-order valence-corrected chi connectivity index (χ2v) is 4.84. The van der Waals surface area contributed by atoms with Crippen LogP contribution in [0.25, 0.3) is 0 Å². The molecule has 88 valence electrons. The first-order chi connectivity index (χ1) is 7.47. The third-order valence-corrected chi connectivity index (χ3v) is 3.24. The van der Waals surface area contributed by atoms with Crippen LogP contribution in [0, 0.1) is 10.1 Å². The lowest BCUT2D eigenvalue weighted by Crippen LogP contribution is -2.25. The van der Waals surface area contributed by atoms with E-state index in [1.807, 2.05) is 0 Å². The molecule has 0 aliphatic carbocycles. The average molecular weight is 266 g/mol. The summed E-state index contributed by atoms with van der Waals surface area (Å²) in [6.07, 6.45) is 0.925. The van der Waals surface area contributed by atoms with Gasteiger partial charge < -0.3 is 10.1 Å². The Balaban J connectivity index is 2.93. The van der Waals surface area contributed by atoms with E-state index in [1.54, 1.807) is 0 Å². The van der Waals surface area contributed by atoms with E-state index in [9.17, 15) is 18.5 Å². The number of nitrogens with one attached hydrogen (secondary N) is 1. The fourth-order valence-electron chi connectivity index (χ4n) is 0.896. The van der Waals surface area contributed by atoms with Crippen molar-refractivity contribution in [2.75, 3.05) is 12.4 Å². The molecule has 7 nitrogen and oxygen atoms in total. The van der Waals surface area contributed by atoms with Gasteiger partial charge in [0.15, 0.2) is 6.20 Å². The maximum Gasteiger partial charge on any atom is 0.363 e. The molecular formula is C7H8ClN3O4S. The SMILES string of the molecule is O=[N+]([O-])c1ccc(S(=O)(=O)NCCCl)cn1. The first-order valence-electron chi connectivity index (χ1n) is 4.13. The molecule has 0 fully saturated rings. The van der Waals surface area contributed by atoms with Gasteiger partial charge in [0.2, 0.25) is 10.0 Å².